The van der Waals surface area contributed by atoms with E-state index in [4.69, 9.17) is 5.73 Å². The standard InChI is InChI=1S/C16H29N5/c1-12-7-10-21(11-8-12)16(17)18-9-5-6-15-13(2)19-20(4)14(15)3/h12H,5-11H2,1-4H3,(H2,17,18). The molecule has 118 valence electrons. The van der Waals surface area contributed by atoms with Crippen LogP contribution in [0.3, 0.4) is 0 Å². The second-order valence-electron chi connectivity index (χ2n) is 6.29. The molecule has 5 heteroatoms. The van der Waals surface area contributed by atoms with Crippen LogP contribution in [-0.2, 0) is 13.5 Å². The van der Waals surface area contributed by atoms with Gasteiger partial charge in [0.2, 0.25) is 0 Å². The summed E-state index contributed by atoms with van der Waals surface area (Å²) in [4.78, 5) is 6.77. The number of nitrogens with zero attached hydrogens (tertiary/aromatic N) is 4. The van der Waals surface area contributed by atoms with Crippen molar-refractivity contribution < 1.29 is 0 Å². The molecule has 1 saturated heterocycles. The van der Waals surface area contributed by atoms with Crippen LogP contribution in [0, 0.1) is 19.8 Å². The Balaban J connectivity index is 1.79. The van der Waals surface area contributed by atoms with E-state index in [1.54, 1.807) is 0 Å². The minimum absolute atomic E-state index is 0.724. The van der Waals surface area contributed by atoms with Crippen LogP contribution in [-0.4, -0.2) is 40.3 Å². The minimum Gasteiger partial charge on any atom is -0.370 e. The number of nitrogens with two attached hydrogens (primary N) is 1. The molecule has 0 radical (unpaired) electrons. The summed E-state index contributed by atoms with van der Waals surface area (Å²) in [5.41, 5.74) is 9.85. The number of guanidine groups is 1. The fraction of sp³-hybridized carbons (Fsp3) is 0.750. The topological polar surface area (TPSA) is 59.4 Å². The lowest BCUT2D eigenvalue weighted by Gasteiger charge is -2.31. The SMILES string of the molecule is Cc1nn(C)c(C)c1CCCN=C(N)N1CCC(C)CC1. The highest BCUT2D eigenvalue weighted by atomic mass is 15.3. The van der Waals surface area contributed by atoms with Crippen molar-refractivity contribution >= 4 is 5.96 Å². The van der Waals surface area contributed by atoms with Gasteiger partial charge in [0.05, 0.1) is 5.69 Å². The summed E-state index contributed by atoms with van der Waals surface area (Å²) in [5, 5.41) is 4.45. The summed E-state index contributed by atoms with van der Waals surface area (Å²) >= 11 is 0. The van der Waals surface area contributed by atoms with Crippen LogP contribution >= 0.6 is 0 Å². The molecule has 1 aromatic heterocycles. The van der Waals surface area contributed by atoms with E-state index in [1.165, 1.54) is 24.1 Å². The van der Waals surface area contributed by atoms with Gasteiger partial charge in [0.25, 0.3) is 0 Å². The molecule has 2 N–H and O–H groups in total. The number of aliphatic imine (C=N–C) groups is 1. The Kier molecular flexibility index (Phi) is 5.26. The van der Waals surface area contributed by atoms with Crippen LogP contribution in [0.1, 0.15) is 43.1 Å². The summed E-state index contributed by atoms with van der Waals surface area (Å²) in [7, 11) is 2.00. The van der Waals surface area contributed by atoms with Crippen molar-refractivity contribution in [2.45, 2.75) is 46.5 Å². The van der Waals surface area contributed by atoms with E-state index in [9.17, 15) is 0 Å². The van der Waals surface area contributed by atoms with E-state index in [2.05, 4.69) is 35.8 Å². The average Bonchev–Trinajstić information content (AvgIpc) is 2.69. The third kappa shape index (κ3) is 3.99. The molecule has 21 heavy (non-hydrogen) atoms. The van der Waals surface area contributed by atoms with Crippen molar-refractivity contribution in [1.82, 2.24) is 14.7 Å². The van der Waals surface area contributed by atoms with Gasteiger partial charge in [0, 0.05) is 32.4 Å². The highest BCUT2D eigenvalue weighted by Crippen LogP contribution is 2.16. The maximum absolute atomic E-state index is 6.10. The van der Waals surface area contributed by atoms with Gasteiger partial charge >= 0.3 is 0 Å². The number of rotatable bonds is 4. The molecule has 0 atom stereocenters. The molecule has 1 fully saturated rings. The van der Waals surface area contributed by atoms with Gasteiger partial charge in [-0.05, 0) is 51.0 Å². The molecule has 0 aromatic carbocycles. The normalized spacial score (nSPS) is 17.5. The van der Waals surface area contributed by atoms with E-state index in [0.29, 0.717) is 0 Å². The lowest BCUT2D eigenvalue weighted by atomic mass is 10.00. The maximum Gasteiger partial charge on any atom is 0.191 e. The highest BCUT2D eigenvalue weighted by Gasteiger charge is 2.16. The molecule has 2 rings (SSSR count). The number of aryl methyl sites for hydroxylation is 2. The fourth-order valence-electron chi connectivity index (χ4n) is 2.97. The molecule has 1 aliphatic heterocycles. The predicted octanol–water partition coefficient (Wildman–Crippen LogP) is 2.02. The number of hydrogen-bond acceptors (Lipinski definition) is 2. The van der Waals surface area contributed by atoms with Crippen molar-refractivity contribution in [1.29, 1.82) is 0 Å². The first-order chi connectivity index (χ1) is 9.99. The van der Waals surface area contributed by atoms with Gasteiger partial charge in [-0.2, -0.15) is 5.10 Å². The highest BCUT2D eigenvalue weighted by molar-refractivity contribution is 5.78. The van der Waals surface area contributed by atoms with E-state index < -0.39 is 0 Å². The van der Waals surface area contributed by atoms with Crippen LogP contribution in [0.2, 0.25) is 0 Å². The van der Waals surface area contributed by atoms with Crippen molar-refractivity contribution in [3.05, 3.63) is 17.0 Å². The molecule has 0 spiro atoms. The zero-order valence-corrected chi connectivity index (χ0v) is 13.9. The zero-order chi connectivity index (χ0) is 15.4. The van der Waals surface area contributed by atoms with Crippen molar-refractivity contribution in [3.63, 3.8) is 0 Å². The van der Waals surface area contributed by atoms with E-state index in [-0.39, 0.29) is 0 Å². The van der Waals surface area contributed by atoms with Gasteiger partial charge in [-0.1, -0.05) is 6.92 Å². The molecule has 0 aliphatic carbocycles. The largest absolute Gasteiger partial charge is 0.370 e. The number of hydrogen-bond donors (Lipinski definition) is 1. The van der Waals surface area contributed by atoms with Gasteiger partial charge in [-0.3, -0.25) is 9.67 Å². The van der Waals surface area contributed by atoms with E-state index in [1.807, 2.05) is 11.7 Å². The third-order valence-corrected chi connectivity index (χ3v) is 4.63. The maximum atomic E-state index is 6.10. The second-order valence-corrected chi connectivity index (χ2v) is 6.29. The molecule has 5 nitrogen and oxygen atoms in total. The van der Waals surface area contributed by atoms with Crippen molar-refractivity contribution in [3.8, 4) is 0 Å². The quantitative estimate of drug-likeness (QED) is 0.524. The van der Waals surface area contributed by atoms with Crippen LogP contribution < -0.4 is 5.73 Å². The summed E-state index contributed by atoms with van der Waals surface area (Å²) in [6.07, 6.45) is 4.51. The van der Waals surface area contributed by atoms with Gasteiger partial charge in [0.15, 0.2) is 5.96 Å². The van der Waals surface area contributed by atoms with Crippen molar-refractivity contribution in [2.24, 2.45) is 23.7 Å². The van der Waals surface area contributed by atoms with Crippen LogP contribution in [0.25, 0.3) is 0 Å². The summed E-state index contributed by atoms with van der Waals surface area (Å²) < 4.78 is 1.96. The lowest BCUT2D eigenvalue weighted by molar-refractivity contribution is 0.277. The van der Waals surface area contributed by atoms with Gasteiger partial charge < -0.3 is 10.6 Å². The molecule has 0 saturated carbocycles. The Morgan fingerprint density at radius 1 is 1.33 bits per heavy atom. The molecule has 2 heterocycles. The Bertz CT molecular complexity index is 495. The van der Waals surface area contributed by atoms with E-state index in [0.717, 1.165) is 50.0 Å². The molecule has 0 bridgehead atoms. The number of piperidine rings is 1. The minimum atomic E-state index is 0.724. The van der Waals surface area contributed by atoms with Gasteiger partial charge in [-0.25, -0.2) is 0 Å². The van der Waals surface area contributed by atoms with Crippen LogP contribution in [0.4, 0.5) is 0 Å². The van der Waals surface area contributed by atoms with Crippen molar-refractivity contribution in [2.75, 3.05) is 19.6 Å². The van der Waals surface area contributed by atoms with Gasteiger partial charge in [0.1, 0.15) is 0 Å². The molecular weight excluding hydrogens is 262 g/mol. The number of aromatic nitrogens is 2. The Hall–Kier alpha value is -1.52. The Labute approximate surface area is 128 Å². The fourth-order valence-corrected chi connectivity index (χ4v) is 2.97. The monoisotopic (exact) mass is 291 g/mol. The second kappa shape index (κ2) is 6.96. The van der Waals surface area contributed by atoms with Gasteiger partial charge in [-0.15, -0.1) is 0 Å². The Morgan fingerprint density at radius 3 is 2.57 bits per heavy atom. The molecule has 0 amide bonds. The number of likely N-dealkylation sites (tertiary alicyclic amines) is 1. The first-order valence-corrected chi connectivity index (χ1v) is 8.03. The zero-order valence-electron chi connectivity index (χ0n) is 13.9. The first kappa shape index (κ1) is 15.9. The molecular formula is C16H29N5. The average molecular weight is 291 g/mol. The van der Waals surface area contributed by atoms with E-state index >= 15 is 0 Å². The molecule has 1 aromatic rings. The summed E-state index contributed by atoms with van der Waals surface area (Å²) in [6, 6.07) is 0. The molecule has 1 aliphatic rings. The lowest BCUT2D eigenvalue weighted by Crippen LogP contribution is -2.42. The Morgan fingerprint density at radius 2 is 2.00 bits per heavy atom. The smallest absolute Gasteiger partial charge is 0.191 e. The van der Waals surface area contributed by atoms with Crippen LogP contribution in [0.15, 0.2) is 4.99 Å². The van der Waals surface area contributed by atoms with Crippen LogP contribution in [0.5, 0.6) is 0 Å². The first-order valence-electron chi connectivity index (χ1n) is 8.03. The summed E-state index contributed by atoms with van der Waals surface area (Å²) in [5.74, 6) is 1.55. The third-order valence-electron chi connectivity index (χ3n) is 4.63. The predicted molar refractivity (Wildman–Crippen MR) is 87.5 cm³/mol. The molecule has 0 unspecified atom stereocenters. The summed E-state index contributed by atoms with van der Waals surface area (Å²) in [6.45, 7) is 9.42.